The predicted molar refractivity (Wildman–Crippen MR) is 160 cm³/mol. The molecule has 9 nitrogen and oxygen atoms in total. The minimum atomic E-state index is -1.67. The van der Waals surface area contributed by atoms with Crippen molar-refractivity contribution in [3.63, 3.8) is 0 Å². The van der Waals surface area contributed by atoms with Crippen molar-refractivity contribution in [1.82, 2.24) is 5.32 Å². The van der Waals surface area contributed by atoms with Crippen molar-refractivity contribution in [1.29, 1.82) is 0 Å². The third-order valence-electron chi connectivity index (χ3n) is 7.15. The standard InChI is InChI=1S/C32H38N4O5/c1-6-40-29(41-7-2)20-36-27-11-9-8-10-26(27)32(30(36)38,35-31(39)34-24-15-12-21(3)13-16-24)19-28(37)33-25-17-14-22(4)23(5)18-25/h8-18,29H,6-7,19-20H2,1-5H3,(H,33,37)(H2,34,35,39). The first-order valence-corrected chi connectivity index (χ1v) is 13.8. The quantitative estimate of drug-likeness (QED) is 0.273. The molecule has 1 heterocycles. The molecule has 0 aliphatic carbocycles. The van der Waals surface area contributed by atoms with Gasteiger partial charge in [0.15, 0.2) is 11.8 Å². The van der Waals surface area contributed by atoms with Crippen LogP contribution in [0.25, 0.3) is 0 Å². The number of fused-ring (bicyclic) bond motifs is 1. The molecule has 0 aromatic heterocycles. The van der Waals surface area contributed by atoms with Crippen molar-refractivity contribution in [3.05, 3.63) is 89.0 Å². The summed E-state index contributed by atoms with van der Waals surface area (Å²) >= 11 is 0. The van der Waals surface area contributed by atoms with E-state index in [1.165, 1.54) is 4.90 Å². The van der Waals surface area contributed by atoms with Gasteiger partial charge in [0.25, 0.3) is 5.91 Å². The van der Waals surface area contributed by atoms with Crippen molar-refractivity contribution in [2.24, 2.45) is 0 Å². The van der Waals surface area contributed by atoms with Gasteiger partial charge in [-0.25, -0.2) is 4.79 Å². The number of aryl methyl sites for hydroxylation is 3. The molecule has 0 bridgehead atoms. The summed E-state index contributed by atoms with van der Waals surface area (Å²) in [7, 11) is 0. The summed E-state index contributed by atoms with van der Waals surface area (Å²) in [5.41, 5.74) is 3.78. The summed E-state index contributed by atoms with van der Waals surface area (Å²) in [4.78, 5) is 42.8. The van der Waals surface area contributed by atoms with Gasteiger partial charge in [-0.05, 0) is 76.1 Å². The molecule has 3 aromatic carbocycles. The minimum absolute atomic E-state index is 0.0965. The number of hydrogen-bond donors (Lipinski definition) is 3. The summed E-state index contributed by atoms with van der Waals surface area (Å²) in [6.45, 7) is 10.5. The van der Waals surface area contributed by atoms with Gasteiger partial charge in [-0.2, -0.15) is 0 Å². The zero-order valence-electron chi connectivity index (χ0n) is 24.2. The highest BCUT2D eigenvalue weighted by Gasteiger charge is 2.53. The Labute approximate surface area is 241 Å². The van der Waals surface area contributed by atoms with Crippen molar-refractivity contribution in [2.75, 3.05) is 35.3 Å². The van der Waals surface area contributed by atoms with Gasteiger partial charge in [0.1, 0.15) is 0 Å². The zero-order valence-corrected chi connectivity index (χ0v) is 24.2. The Kier molecular flexibility index (Phi) is 9.42. The summed E-state index contributed by atoms with van der Waals surface area (Å²) in [5, 5.41) is 8.59. The fourth-order valence-electron chi connectivity index (χ4n) is 4.97. The van der Waals surface area contributed by atoms with E-state index in [1.807, 2.05) is 71.0 Å². The molecule has 41 heavy (non-hydrogen) atoms. The van der Waals surface area contributed by atoms with E-state index in [1.54, 1.807) is 30.3 Å². The lowest BCUT2D eigenvalue weighted by atomic mass is 9.87. The number of nitrogens with one attached hydrogen (secondary N) is 3. The highest BCUT2D eigenvalue weighted by molar-refractivity contribution is 6.12. The first kappa shape index (κ1) is 29.8. The van der Waals surface area contributed by atoms with Crippen LogP contribution < -0.4 is 20.9 Å². The summed E-state index contributed by atoms with van der Waals surface area (Å²) in [6.07, 6.45) is -0.995. The number of carbonyl (C=O) groups excluding carboxylic acids is 3. The molecule has 4 amide bonds. The van der Waals surface area contributed by atoms with Crippen LogP contribution in [-0.4, -0.2) is 43.9 Å². The third-order valence-corrected chi connectivity index (χ3v) is 7.15. The van der Waals surface area contributed by atoms with Crippen LogP contribution in [0.1, 0.15) is 42.5 Å². The summed E-state index contributed by atoms with van der Waals surface area (Å²) in [6, 6.07) is 19.5. The van der Waals surface area contributed by atoms with E-state index in [-0.39, 0.29) is 13.0 Å². The van der Waals surface area contributed by atoms with Crippen LogP contribution in [0.3, 0.4) is 0 Å². The van der Waals surface area contributed by atoms with Crippen molar-refractivity contribution < 1.29 is 23.9 Å². The van der Waals surface area contributed by atoms with Gasteiger partial charge in [-0.3, -0.25) is 9.59 Å². The van der Waals surface area contributed by atoms with E-state index < -0.39 is 29.7 Å². The Morgan fingerprint density at radius 2 is 1.51 bits per heavy atom. The first-order chi connectivity index (χ1) is 19.7. The topological polar surface area (TPSA) is 109 Å². The Morgan fingerprint density at radius 3 is 2.17 bits per heavy atom. The molecule has 9 heteroatoms. The van der Waals surface area contributed by atoms with Crippen LogP contribution in [0.15, 0.2) is 66.7 Å². The van der Waals surface area contributed by atoms with Gasteiger partial charge in [0, 0.05) is 30.2 Å². The van der Waals surface area contributed by atoms with Crippen LogP contribution >= 0.6 is 0 Å². The fraction of sp³-hybridized carbons (Fsp3) is 0.344. The largest absolute Gasteiger partial charge is 0.351 e. The molecular formula is C32H38N4O5. The van der Waals surface area contributed by atoms with Crippen LogP contribution in [0.4, 0.5) is 21.9 Å². The number of hydrogen-bond acceptors (Lipinski definition) is 5. The number of urea groups is 1. The second kappa shape index (κ2) is 13.0. The molecule has 0 radical (unpaired) electrons. The lowest BCUT2D eigenvalue weighted by Crippen LogP contribution is -2.56. The highest BCUT2D eigenvalue weighted by atomic mass is 16.7. The van der Waals surface area contributed by atoms with E-state index in [0.29, 0.717) is 35.8 Å². The normalized spacial score (nSPS) is 16.0. The minimum Gasteiger partial charge on any atom is -0.351 e. The number of rotatable bonds is 11. The zero-order chi connectivity index (χ0) is 29.6. The molecule has 1 atom stereocenters. The van der Waals surface area contributed by atoms with Gasteiger partial charge >= 0.3 is 6.03 Å². The predicted octanol–water partition coefficient (Wildman–Crippen LogP) is 5.40. The van der Waals surface area contributed by atoms with E-state index in [4.69, 9.17) is 9.47 Å². The summed E-state index contributed by atoms with van der Waals surface area (Å²) < 4.78 is 11.5. The molecule has 1 aliphatic heterocycles. The number of benzene rings is 3. The fourth-order valence-corrected chi connectivity index (χ4v) is 4.97. The van der Waals surface area contributed by atoms with E-state index in [9.17, 15) is 14.4 Å². The van der Waals surface area contributed by atoms with Gasteiger partial charge in [-0.1, -0.05) is 42.0 Å². The maximum absolute atomic E-state index is 14.3. The SMILES string of the molecule is CCOC(CN1C(=O)C(CC(=O)Nc2ccc(C)c(C)c2)(NC(=O)Nc2ccc(C)cc2)c2ccccc21)OCC. The van der Waals surface area contributed by atoms with Crippen molar-refractivity contribution >= 4 is 34.9 Å². The lowest BCUT2D eigenvalue weighted by molar-refractivity contribution is -0.138. The smallest absolute Gasteiger partial charge is 0.320 e. The molecule has 0 spiro atoms. The average Bonchev–Trinajstić information content (AvgIpc) is 3.15. The molecule has 0 saturated heterocycles. The number of para-hydroxylation sites is 1. The molecule has 0 saturated carbocycles. The maximum Gasteiger partial charge on any atom is 0.320 e. The lowest BCUT2D eigenvalue weighted by Gasteiger charge is -2.30. The second-order valence-corrected chi connectivity index (χ2v) is 10.1. The number of ether oxygens (including phenoxy) is 2. The Balaban J connectivity index is 1.70. The molecule has 0 fully saturated rings. The molecule has 216 valence electrons. The highest BCUT2D eigenvalue weighted by Crippen LogP contribution is 2.43. The van der Waals surface area contributed by atoms with Gasteiger partial charge < -0.3 is 30.3 Å². The van der Waals surface area contributed by atoms with E-state index in [2.05, 4.69) is 16.0 Å². The Morgan fingerprint density at radius 1 is 0.854 bits per heavy atom. The van der Waals surface area contributed by atoms with E-state index in [0.717, 1.165) is 16.7 Å². The molecular weight excluding hydrogens is 520 g/mol. The van der Waals surface area contributed by atoms with Gasteiger partial charge in [-0.15, -0.1) is 0 Å². The molecule has 4 rings (SSSR count). The Bertz CT molecular complexity index is 1400. The molecule has 3 N–H and O–H groups in total. The maximum atomic E-state index is 14.3. The number of carbonyl (C=O) groups is 3. The van der Waals surface area contributed by atoms with Crippen LogP contribution in [0, 0.1) is 20.8 Å². The summed E-state index contributed by atoms with van der Waals surface area (Å²) in [5.74, 6) is -0.863. The molecule has 1 aliphatic rings. The third kappa shape index (κ3) is 6.75. The average molecular weight is 559 g/mol. The van der Waals surface area contributed by atoms with Crippen LogP contribution in [0.5, 0.6) is 0 Å². The van der Waals surface area contributed by atoms with Crippen LogP contribution in [-0.2, 0) is 24.6 Å². The van der Waals surface area contributed by atoms with Gasteiger partial charge in [0.05, 0.1) is 18.7 Å². The number of amides is 4. The van der Waals surface area contributed by atoms with Crippen molar-refractivity contribution in [2.45, 2.75) is 52.9 Å². The van der Waals surface area contributed by atoms with E-state index >= 15 is 0 Å². The molecule has 3 aromatic rings. The first-order valence-electron chi connectivity index (χ1n) is 13.8. The van der Waals surface area contributed by atoms with Crippen molar-refractivity contribution in [3.8, 4) is 0 Å². The second-order valence-electron chi connectivity index (χ2n) is 10.1. The molecule has 1 unspecified atom stereocenters. The monoisotopic (exact) mass is 558 g/mol. The Hall–Kier alpha value is -4.21. The van der Waals surface area contributed by atoms with Gasteiger partial charge in [0.2, 0.25) is 5.91 Å². The van der Waals surface area contributed by atoms with Crippen LogP contribution in [0.2, 0.25) is 0 Å². The number of nitrogens with zero attached hydrogens (tertiary/aromatic N) is 1. The number of anilines is 3.